The Bertz CT molecular complexity index is 894. The van der Waals surface area contributed by atoms with E-state index in [4.69, 9.17) is 16.3 Å². The molecule has 0 spiro atoms. The van der Waals surface area contributed by atoms with Gasteiger partial charge in [0.25, 0.3) is 0 Å². The van der Waals surface area contributed by atoms with E-state index in [1.54, 1.807) is 41.3 Å². The van der Waals surface area contributed by atoms with Gasteiger partial charge in [-0.1, -0.05) is 29.8 Å². The van der Waals surface area contributed by atoms with Gasteiger partial charge in [0, 0.05) is 18.8 Å². The summed E-state index contributed by atoms with van der Waals surface area (Å²) in [6, 6.07) is 6.97. The molecular weight excluding hydrogens is 330 g/mol. The molecule has 0 amide bonds. The highest BCUT2D eigenvalue weighted by molar-refractivity contribution is 6.33. The van der Waals surface area contributed by atoms with Crippen molar-refractivity contribution in [3.8, 4) is 11.3 Å². The topological polar surface area (TPSA) is 81.9 Å². The molecule has 1 N–H and O–H groups in total. The molecule has 122 valence electrons. The number of aryl methyl sites for hydroxylation is 1. The van der Waals surface area contributed by atoms with Gasteiger partial charge in [0.1, 0.15) is 0 Å². The molecule has 8 heteroatoms. The molecule has 0 saturated heterocycles. The van der Waals surface area contributed by atoms with Gasteiger partial charge in [-0.3, -0.25) is 4.68 Å². The van der Waals surface area contributed by atoms with Crippen molar-refractivity contribution < 1.29 is 9.53 Å². The summed E-state index contributed by atoms with van der Waals surface area (Å²) in [5.41, 5.74) is 2.14. The maximum Gasteiger partial charge on any atom is 0.338 e. The van der Waals surface area contributed by atoms with Gasteiger partial charge in [0.2, 0.25) is 5.95 Å². The van der Waals surface area contributed by atoms with Crippen LogP contribution in [0.1, 0.15) is 10.4 Å². The smallest absolute Gasteiger partial charge is 0.338 e. The minimum absolute atomic E-state index is 0.336. The van der Waals surface area contributed by atoms with Crippen molar-refractivity contribution in [1.82, 2.24) is 19.7 Å². The second-order valence-corrected chi connectivity index (χ2v) is 5.36. The van der Waals surface area contributed by atoms with Crippen molar-refractivity contribution in [2.24, 2.45) is 7.05 Å². The van der Waals surface area contributed by atoms with Gasteiger partial charge < -0.3 is 10.1 Å². The number of anilines is 2. The maximum atomic E-state index is 12.0. The minimum Gasteiger partial charge on any atom is -0.465 e. The van der Waals surface area contributed by atoms with Crippen LogP contribution in [0.3, 0.4) is 0 Å². The highest BCUT2D eigenvalue weighted by Crippen LogP contribution is 2.30. The zero-order valence-electron chi connectivity index (χ0n) is 13.0. The SMILES string of the molecule is COC(=O)c1ccccc1-c1nc(Nc2cnn(C)c2)ncc1Cl. The number of aromatic nitrogens is 4. The molecule has 3 aromatic rings. The third-order valence-electron chi connectivity index (χ3n) is 3.29. The van der Waals surface area contributed by atoms with E-state index in [0.29, 0.717) is 27.8 Å². The molecule has 7 nitrogen and oxygen atoms in total. The third-order valence-corrected chi connectivity index (χ3v) is 3.57. The summed E-state index contributed by atoms with van der Waals surface area (Å²) >= 11 is 6.24. The summed E-state index contributed by atoms with van der Waals surface area (Å²) in [6.07, 6.45) is 4.93. The summed E-state index contributed by atoms with van der Waals surface area (Å²) in [5.74, 6) is -0.107. The van der Waals surface area contributed by atoms with Gasteiger partial charge in [-0.05, 0) is 6.07 Å². The Balaban J connectivity index is 2.02. The number of benzene rings is 1. The van der Waals surface area contributed by atoms with E-state index < -0.39 is 5.97 Å². The summed E-state index contributed by atoms with van der Waals surface area (Å²) < 4.78 is 6.47. The molecule has 0 aliphatic rings. The monoisotopic (exact) mass is 343 g/mol. The number of nitrogens with one attached hydrogen (secondary N) is 1. The molecule has 0 atom stereocenters. The van der Waals surface area contributed by atoms with Gasteiger partial charge in [0.05, 0.1) is 41.5 Å². The molecule has 2 aromatic heterocycles. The van der Waals surface area contributed by atoms with E-state index in [-0.39, 0.29) is 0 Å². The van der Waals surface area contributed by atoms with Crippen molar-refractivity contribution in [2.75, 3.05) is 12.4 Å². The molecule has 1 aromatic carbocycles. The summed E-state index contributed by atoms with van der Waals surface area (Å²) in [6.45, 7) is 0. The van der Waals surface area contributed by atoms with E-state index in [9.17, 15) is 4.79 Å². The number of carbonyl (C=O) groups is 1. The van der Waals surface area contributed by atoms with Crippen molar-refractivity contribution in [3.63, 3.8) is 0 Å². The lowest BCUT2D eigenvalue weighted by atomic mass is 10.0. The quantitative estimate of drug-likeness (QED) is 0.733. The molecule has 0 fully saturated rings. The number of halogens is 1. The van der Waals surface area contributed by atoms with Gasteiger partial charge in [-0.15, -0.1) is 0 Å². The number of esters is 1. The first-order valence-electron chi connectivity index (χ1n) is 7.04. The van der Waals surface area contributed by atoms with Crippen LogP contribution in [0.15, 0.2) is 42.9 Å². The average molecular weight is 344 g/mol. The number of methoxy groups -OCH3 is 1. The number of carbonyl (C=O) groups excluding carboxylic acids is 1. The predicted molar refractivity (Wildman–Crippen MR) is 90.3 cm³/mol. The Labute approximate surface area is 143 Å². The molecule has 24 heavy (non-hydrogen) atoms. The van der Waals surface area contributed by atoms with E-state index >= 15 is 0 Å². The van der Waals surface area contributed by atoms with Crippen LogP contribution in [0.25, 0.3) is 11.3 Å². The lowest BCUT2D eigenvalue weighted by molar-refractivity contribution is 0.0601. The predicted octanol–water partition coefficient (Wildman–Crippen LogP) is 3.06. The molecule has 0 aliphatic heterocycles. The molecular formula is C16H14ClN5O2. The number of nitrogens with zero attached hydrogens (tertiary/aromatic N) is 4. The first kappa shape index (κ1) is 15.9. The maximum absolute atomic E-state index is 12.0. The van der Waals surface area contributed by atoms with Crippen molar-refractivity contribution in [3.05, 3.63) is 53.4 Å². The fourth-order valence-electron chi connectivity index (χ4n) is 2.21. The average Bonchev–Trinajstić information content (AvgIpc) is 3.01. The van der Waals surface area contributed by atoms with Crippen LogP contribution in [0.2, 0.25) is 5.02 Å². The Kier molecular flexibility index (Phi) is 4.43. The van der Waals surface area contributed by atoms with E-state index in [1.165, 1.54) is 13.3 Å². The number of hydrogen-bond acceptors (Lipinski definition) is 6. The number of rotatable bonds is 4. The van der Waals surface area contributed by atoms with Crippen molar-refractivity contribution >= 4 is 29.2 Å². The van der Waals surface area contributed by atoms with Crippen LogP contribution >= 0.6 is 11.6 Å². The standard InChI is InChI=1S/C16H14ClN5O2/c1-22-9-10(7-19-22)20-16-18-8-13(17)14(21-16)11-5-3-4-6-12(11)15(23)24-2/h3-9H,1-2H3,(H,18,20,21). The fraction of sp³-hybridized carbons (Fsp3) is 0.125. The lowest BCUT2D eigenvalue weighted by Crippen LogP contribution is -2.05. The van der Waals surface area contributed by atoms with E-state index in [0.717, 1.165) is 5.69 Å². The summed E-state index contributed by atoms with van der Waals surface area (Å²) in [4.78, 5) is 20.5. The Morgan fingerprint density at radius 1 is 1.29 bits per heavy atom. The fourth-order valence-corrected chi connectivity index (χ4v) is 2.40. The first-order valence-corrected chi connectivity index (χ1v) is 7.42. The molecule has 2 heterocycles. The Morgan fingerprint density at radius 3 is 2.79 bits per heavy atom. The van der Waals surface area contributed by atoms with Crippen LogP contribution in [-0.4, -0.2) is 32.8 Å². The zero-order chi connectivity index (χ0) is 17.1. The molecule has 0 saturated carbocycles. The molecule has 0 radical (unpaired) electrons. The van der Waals surface area contributed by atoms with E-state index in [1.807, 2.05) is 7.05 Å². The Morgan fingerprint density at radius 2 is 2.08 bits per heavy atom. The highest BCUT2D eigenvalue weighted by atomic mass is 35.5. The normalized spacial score (nSPS) is 10.5. The largest absolute Gasteiger partial charge is 0.465 e. The molecule has 0 bridgehead atoms. The van der Waals surface area contributed by atoms with Crippen LogP contribution in [0.5, 0.6) is 0 Å². The zero-order valence-corrected chi connectivity index (χ0v) is 13.8. The van der Waals surface area contributed by atoms with Crippen LogP contribution in [-0.2, 0) is 11.8 Å². The molecule has 0 aliphatic carbocycles. The van der Waals surface area contributed by atoms with Crippen LogP contribution in [0, 0.1) is 0 Å². The van der Waals surface area contributed by atoms with Crippen molar-refractivity contribution in [1.29, 1.82) is 0 Å². The first-order chi connectivity index (χ1) is 11.6. The van der Waals surface area contributed by atoms with Gasteiger partial charge in [0.15, 0.2) is 0 Å². The summed E-state index contributed by atoms with van der Waals surface area (Å²) in [7, 11) is 3.14. The Hall–Kier alpha value is -2.93. The summed E-state index contributed by atoms with van der Waals surface area (Å²) in [5, 5.41) is 7.45. The second kappa shape index (κ2) is 6.67. The van der Waals surface area contributed by atoms with Crippen LogP contribution in [0.4, 0.5) is 11.6 Å². The van der Waals surface area contributed by atoms with E-state index in [2.05, 4.69) is 20.4 Å². The van der Waals surface area contributed by atoms with Crippen LogP contribution < -0.4 is 5.32 Å². The van der Waals surface area contributed by atoms with Gasteiger partial charge in [-0.25, -0.2) is 14.8 Å². The highest BCUT2D eigenvalue weighted by Gasteiger charge is 2.17. The lowest BCUT2D eigenvalue weighted by Gasteiger charge is -2.10. The number of hydrogen-bond donors (Lipinski definition) is 1. The van der Waals surface area contributed by atoms with Gasteiger partial charge in [-0.2, -0.15) is 5.10 Å². The van der Waals surface area contributed by atoms with Crippen molar-refractivity contribution in [2.45, 2.75) is 0 Å². The second-order valence-electron chi connectivity index (χ2n) is 4.95. The number of ether oxygens (including phenoxy) is 1. The molecule has 3 rings (SSSR count). The van der Waals surface area contributed by atoms with Gasteiger partial charge >= 0.3 is 5.97 Å². The molecule has 0 unspecified atom stereocenters. The third kappa shape index (κ3) is 3.21. The minimum atomic E-state index is -0.456.